The lowest BCUT2D eigenvalue weighted by Crippen LogP contribution is -3.00. The highest BCUT2D eigenvalue weighted by Gasteiger charge is 2.67. The predicted molar refractivity (Wildman–Crippen MR) is 165 cm³/mol. The first kappa shape index (κ1) is 35.1. The maximum atomic E-state index is 12.8. The van der Waals surface area contributed by atoms with Gasteiger partial charge in [0.1, 0.15) is 12.1 Å². The number of rotatable bonds is 7. The molecule has 2 saturated heterocycles. The number of quaternary nitrogens is 1. The fourth-order valence-electron chi connectivity index (χ4n) is 11.6. The Kier molecular flexibility index (Phi) is 10.7. The molecular formula is C35H57BrN2O7. The van der Waals surface area contributed by atoms with Gasteiger partial charge in [-0.25, -0.2) is 0 Å². The summed E-state index contributed by atoms with van der Waals surface area (Å²) in [5, 5.41) is 9.11. The van der Waals surface area contributed by atoms with Gasteiger partial charge in [0.25, 0.3) is 0 Å². The number of likely N-dealkylation sites (N-methyl/N-ethyl adjacent to an activating group) is 1. The van der Waals surface area contributed by atoms with E-state index < -0.39 is 5.97 Å². The first-order chi connectivity index (χ1) is 20.9. The monoisotopic (exact) mass is 696 g/mol. The molecule has 9 nitrogen and oxygen atoms in total. The summed E-state index contributed by atoms with van der Waals surface area (Å²) in [5.74, 6) is 0.780. The van der Waals surface area contributed by atoms with Gasteiger partial charge in [0, 0.05) is 37.9 Å². The number of hydrogen-bond donors (Lipinski definition) is 1. The van der Waals surface area contributed by atoms with Gasteiger partial charge < -0.3 is 40.8 Å². The molecule has 6 aliphatic rings. The molecular weight excluding hydrogens is 640 g/mol. The molecule has 1 N–H and O–H groups in total. The average molecular weight is 698 g/mol. The van der Waals surface area contributed by atoms with Crippen LogP contribution in [0.3, 0.4) is 0 Å². The molecule has 4 saturated carbocycles. The number of esters is 2. The van der Waals surface area contributed by atoms with Crippen LogP contribution in [0.5, 0.6) is 0 Å². The summed E-state index contributed by atoms with van der Waals surface area (Å²) < 4.78 is 19.2. The highest BCUT2D eigenvalue weighted by molar-refractivity contribution is 5.76. The summed E-state index contributed by atoms with van der Waals surface area (Å²) in [5.41, 5.74) is 0.162. The fraction of sp³-hybridized carbons (Fsp3) is 0.914. The second-order valence-corrected chi connectivity index (χ2v) is 16.1. The van der Waals surface area contributed by atoms with Crippen LogP contribution < -0.4 is 17.0 Å². The SMILES string of the molecule is CC(=O)O[C@H]1[C@@H]([N+]2(C)CCCCC2)C[C@H]2[C@@H]3CC[C@H]4C[C@H](OC(=O)CCC(=O)O)[C@@H](N5CCOCC5)C[C@]4(C)[C@H]3CC[C@@]21C.[Br-]. The molecule has 0 spiro atoms. The number of hydrogen-bond acceptors (Lipinski definition) is 7. The van der Waals surface area contributed by atoms with Gasteiger partial charge in [0.2, 0.25) is 0 Å². The topological polar surface area (TPSA) is 102 Å². The predicted octanol–water partition coefficient (Wildman–Crippen LogP) is 1.66. The Hall–Kier alpha value is -1.23. The van der Waals surface area contributed by atoms with Crippen LogP contribution in [-0.4, -0.2) is 103 Å². The minimum absolute atomic E-state index is 0. The van der Waals surface area contributed by atoms with Crippen molar-refractivity contribution in [1.29, 1.82) is 0 Å². The summed E-state index contributed by atoms with van der Waals surface area (Å²) in [6, 6.07) is 0.504. The van der Waals surface area contributed by atoms with Crippen LogP contribution >= 0.6 is 0 Å². The highest BCUT2D eigenvalue weighted by Crippen LogP contribution is 2.67. The van der Waals surface area contributed by atoms with Crippen LogP contribution in [0.25, 0.3) is 0 Å². The lowest BCUT2D eigenvalue weighted by Gasteiger charge is -2.62. The van der Waals surface area contributed by atoms with Crippen molar-refractivity contribution in [2.45, 2.75) is 122 Å². The molecule has 4 aliphatic carbocycles. The Labute approximate surface area is 280 Å². The average Bonchev–Trinajstić information content (AvgIpc) is 3.29. The minimum Gasteiger partial charge on any atom is -1.00 e. The van der Waals surface area contributed by atoms with Crippen molar-refractivity contribution < 1.29 is 55.2 Å². The Morgan fingerprint density at radius 2 is 1.64 bits per heavy atom. The van der Waals surface area contributed by atoms with Crippen molar-refractivity contribution in [3.05, 3.63) is 0 Å². The summed E-state index contributed by atoms with van der Waals surface area (Å²) in [7, 11) is 2.43. The molecule has 0 amide bonds. The molecule has 0 aromatic carbocycles. The van der Waals surface area contributed by atoms with Crippen LogP contribution in [0.1, 0.15) is 97.8 Å². The summed E-state index contributed by atoms with van der Waals surface area (Å²) >= 11 is 0. The molecule has 256 valence electrons. The van der Waals surface area contributed by atoms with Gasteiger partial charge in [0.05, 0.1) is 46.2 Å². The minimum atomic E-state index is -0.966. The van der Waals surface area contributed by atoms with E-state index in [2.05, 4.69) is 25.8 Å². The second-order valence-electron chi connectivity index (χ2n) is 16.1. The molecule has 0 unspecified atom stereocenters. The first-order valence-electron chi connectivity index (χ1n) is 17.7. The van der Waals surface area contributed by atoms with Crippen molar-refractivity contribution in [3.63, 3.8) is 0 Å². The van der Waals surface area contributed by atoms with Gasteiger partial charge in [-0.3, -0.25) is 19.3 Å². The largest absolute Gasteiger partial charge is 1.00 e. The number of piperidine rings is 1. The molecule has 2 aliphatic heterocycles. The number of carboxylic acid groups (broad SMARTS) is 1. The summed E-state index contributed by atoms with van der Waals surface area (Å²) in [4.78, 5) is 38.9. The van der Waals surface area contributed by atoms with Crippen LogP contribution in [0.15, 0.2) is 0 Å². The van der Waals surface area contributed by atoms with Crippen LogP contribution in [0.4, 0.5) is 0 Å². The van der Waals surface area contributed by atoms with Crippen molar-refractivity contribution >= 4 is 17.9 Å². The maximum Gasteiger partial charge on any atom is 0.306 e. The number of fused-ring (bicyclic) bond motifs is 5. The Balaban J connectivity index is 0.00000400. The van der Waals surface area contributed by atoms with E-state index in [0.717, 1.165) is 56.1 Å². The normalized spacial score (nSPS) is 42.7. The van der Waals surface area contributed by atoms with Gasteiger partial charge >= 0.3 is 17.9 Å². The quantitative estimate of drug-likeness (QED) is 0.317. The molecule has 6 rings (SSSR count). The number of carbonyl (C=O) groups is 3. The Bertz CT molecular complexity index is 1090. The van der Waals surface area contributed by atoms with E-state index in [0.29, 0.717) is 42.9 Å². The number of carbonyl (C=O) groups excluding carboxylic acids is 2. The zero-order valence-corrected chi connectivity index (χ0v) is 29.6. The fourth-order valence-corrected chi connectivity index (χ4v) is 11.6. The molecule has 10 heteroatoms. The number of halogens is 1. The van der Waals surface area contributed by atoms with Gasteiger partial charge in [-0.1, -0.05) is 13.8 Å². The molecule has 10 atom stereocenters. The molecule has 0 radical (unpaired) electrons. The van der Waals surface area contributed by atoms with Crippen molar-refractivity contribution in [1.82, 2.24) is 4.90 Å². The zero-order chi connectivity index (χ0) is 31.3. The number of carboxylic acids is 1. The number of morpholine rings is 1. The van der Waals surface area contributed by atoms with E-state index in [1.165, 1.54) is 38.8 Å². The van der Waals surface area contributed by atoms with E-state index >= 15 is 0 Å². The number of aliphatic carboxylic acids is 1. The van der Waals surface area contributed by atoms with Crippen molar-refractivity contribution in [3.8, 4) is 0 Å². The Morgan fingerprint density at radius 3 is 2.31 bits per heavy atom. The van der Waals surface area contributed by atoms with Gasteiger partial charge in [0.15, 0.2) is 6.10 Å². The van der Waals surface area contributed by atoms with Gasteiger partial charge in [-0.2, -0.15) is 0 Å². The van der Waals surface area contributed by atoms with Crippen LogP contribution in [0, 0.1) is 34.5 Å². The van der Waals surface area contributed by atoms with Crippen LogP contribution in [-0.2, 0) is 28.6 Å². The number of likely N-dealkylation sites (tertiary alicyclic amines) is 1. The maximum absolute atomic E-state index is 12.8. The molecule has 0 aromatic heterocycles. The van der Waals surface area contributed by atoms with Crippen molar-refractivity contribution in [2.24, 2.45) is 34.5 Å². The van der Waals surface area contributed by atoms with E-state index in [1.807, 2.05) is 0 Å². The van der Waals surface area contributed by atoms with E-state index in [4.69, 9.17) is 19.3 Å². The lowest BCUT2D eigenvalue weighted by atomic mass is 9.44. The highest BCUT2D eigenvalue weighted by atomic mass is 79.9. The number of nitrogens with zero attached hydrogens (tertiary/aromatic N) is 2. The third kappa shape index (κ3) is 6.60. The lowest BCUT2D eigenvalue weighted by molar-refractivity contribution is -0.940. The zero-order valence-electron chi connectivity index (χ0n) is 28.0. The summed E-state index contributed by atoms with van der Waals surface area (Å²) in [6.07, 6.45) is 11.0. The smallest absolute Gasteiger partial charge is 0.306 e. The van der Waals surface area contributed by atoms with Crippen LogP contribution in [0.2, 0.25) is 0 Å². The van der Waals surface area contributed by atoms with E-state index in [9.17, 15) is 14.4 Å². The third-order valence-corrected chi connectivity index (χ3v) is 13.9. The van der Waals surface area contributed by atoms with Crippen molar-refractivity contribution in [2.75, 3.05) is 46.4 Å². The molecule has 0 bridgehead atoms. The molecule has 45 heavy (non-hydrogen) atoms. The standard InChI is InChI=1S/C35H56N2O7.BrH/c1-23(38)43-33-29(37(4)16-6-5-7-17-37)21-27-25-9-8-24-20-30(44-32(41)11-10-31(39)40)28(36-14-18-42-19-15-36)22-35(24,3)26(25)12-13-34(27,33)2;/h24-30,33H,5-22H2,1-4H3;1H/t24-,25+,26-,27-,28-,29-,30-,33-,34-,35-;/m0./s1. The van der Waals surface area contributed by atoms with E-state index in [-0.39, 0.29) is 70.8 Å². The molecule has 0 aromatic rings. The number of ether oxygens (including phenoxy) is 3. The van der Waals surface area contributed by atoms with E-state index in [1.54, 1.807) is 6.92 Å². The third-order valence-electron chi connectivity index (χ3n) is 13.9. The van der Waals surface area contributed by atoms with Gasteiger partial charge in [-0.05, 0) is 86.9 Å². The molecule has 2 heterocycles. The first-order valence-corrected chi connectivity index (χ1v) is 17.7. The molecule has 6 fully saturated rings. The Morgan fingerprint density at radius 1 is 0.933 bits per heavy atom. The second kappa shape index (κ2) is 13.7. The summed E-state index contributed by atoms with van der Waals surface area (Å²) in [6.45, 7) is 12.0. The van der Waals surface area contributed by atoms with Gasteiger partial charge in [-0.15, -0.1) is 0 Å².